The predicted molar refractivity (Wildman–Crippen MR) is 71.5 cm³/mol. The molecule has 0 spiro atoms. The standard InChI is InChI=1S/C15H7ClO4/c16-12-5-10-11(6-13(12)20-7-17)15(19)9-4-2-1-3-8(9)14(10)18/h1-7H. The van der Waals surface area contributed by atoms with E-state index in [1.54, 1.807) is 24.3 Å². The van der Waals surface area contributed by atoms with Crippen molar-refractivity contribution < 1.29 is 19.1 Å². The van der Waals surface area contributed by atoms with Crippen LogP contribution in [0, 0.1) is 0 Å². The van der Waals surface area contributed by atoms with Gasteiger partial charge >= 0.3 is 0 Å². The highest BCUT2D eigenvalue weighted by molar-refractivity contribution is 6.34. The van der Waals surface area contributed by atoms with Crippen LogP contribution in [-0.4, -0.2) is 18.0 Å². The van der Waals surface area contributed by atoms with E-state index in [0.29, 0.717) is 11.1 Å². The van der Waals surface area contributed by atoms with Crippen LogP contribution in [0.4, 0.5) is 0 Å². The highest BCUT2D eigenvalue weighted by atomic mass is 35.5. The van der Waals surface area contributed by atoms with Gasteiger partial charge in [-0.3, -0.25) is 14.4 Å². The van der Waals surface area contributed by atoms with Gasteiger partial charge in [-0.25, -0.2) is 0 Å². The van der Waals surface area contributed by atoms with Crippen molar-refractivity contribution in [3.63, 3.8) is 0 Å². The molecule has 0 radical (unpaired) electrons. The Hall–Kier alpha value is -2.46. The second kappa shape index (κ2) is 4.58. The van der Waals surface area contributed by atoms with E-state index >= 15 is 0 Å². The molecule has 1 aliphatic rings. The van der Waals surface area contributed by atoms with Gasteiger partial charge < -0.3 is 4.74 Å². The summed E-state index contributed by atoms with van der Waals surface area (Å²) in [6.45, 7) is 0.219. The van der Waals surface area contributed by atoms with Gasteiger partial charge in [-0.15, -0.1) is 0 Å². The Kier molecular flexibility index (Phi) is 2.88. The maximum atomic E-state index is 12.4. The molecule has 0 atom stereocenters. The smallest absolute Gasteiger partial charge is 0.298 e. The lowest BCUT2D eigenvalue weighted by Crippen LogP contribution is -2.20. The van der Waals surface area contributed by atoms with Crippen molar-refractivity contribution in [1.82, 2.24) is 0 Å². The van der Waals surface area contributed by atoms with Crippen molar-refractivity contribution in [2.45, 2.75) is 0 Å². The van der Waals surface area contributed by atoms with Gasteiger partial charge in [0.15, 0.2) is 11.6 Å². The van der Waals surface area contributed by atoms with Crippen LogP contribution in [0.1, 0.15) is 31.8 Å². The third-order valence-corrected chi connectivity index (χ3v) is 3.45. The van der Waals surface area contributed by atoms with Gasteiger partial charge in [0.2, 0.25) is 0 Å². The molecule has 0 saturated heterocycles. The summed E-state index contributed by atoms with van der Waals surface area (Å²) < 4.78 is 4.70. The molecule has 5 heteroatoms. The third-order valence-electron chi connectivity index (χ3n) is 3.15. The number of halogens is 1. The molecular weight excluding hydrogens is 280 g/mol. The van der Waals surface area contributed by atoms with Crippen molar-refractivity contribution in [1.29, 1.82) is 0 Å². The molecule has 0 bridgehead atoms. The molecule has 0 fully saturated rings. The SMILES string of the molecule is O=COc1cc2c(cc1Cl)C(=O)c1ccccc1C2=O. The topological polar surface area (TPSA) is 60.4 Å². The number of carbonyl (C=O) groups excluding carboxylic acids is 3. The summed E-state index contributed by atoms with van der Waals surface area (Å²) in [5.74, 6) is -0.502. The summed E-state index contributed by atoms with van der Waals surface area (Å²) in [5.41, 5.74) is 1.10. The largest absolute Gasteiger partial charge is 0.427 e. The minimum absolute atomic E-state index is 0.0564. The normalized spacial score (nSPS) is 12.7. The van der Waals surface area contributed by atoms with Crippen molar-refractivity contribution in [2.75, 3.05) is 0 Å². The lowest BCUT2D eigenvalue weighted by molar-refractivity contribution is -0.120. The molecule has 98 valence electrons. The second-order valence-corrected chi connectivity index (χ2v) is 4.65. The van der Waals surface area contributed by atoms with E-state index in [1.807, 2.05) is 0 Å². The summed E-state index contributed by atoms with van der Waals surface area (Å²) in [4.78, 5) is 35.1. The summed E-state index contributed by atoms with van der Waals surface area (Å²) in [6.07, 6.45) is 0. The fourth-order valence-corrected chi connectivity index (χ4v) is 2.45. The maximum Gasteiger partial charge on any atom is 0.298 e. The Morgan fingerprint density at radius 2 is 1.45 bits per heavy atom. The Bertz CT molecular complexity index is 764. The highest BCUT2D eigenvalue weighted by Gasteiger charge is 2.30. The van der Waals surface area contributed by atoms with Gasteiger partial charge in [0.05, 0.1) is 5.02 Å². The van der Waals surface area contributed by atoms with Crippen molar-refractivity contribution >= 4 is 29.6 Å². The zero-order valence-corrected chi connectivity index (χ0v) is 10.8. The quantitative estimate of drug-likeness (QED) is 0.680. The number of ketones is 2. The van der Waals surface area contributed by atoms with Gasteiger partial charge in [0, 0.05) is 22.3 Å². The summed E-state index contributed by atoms with van der Waals surface area (Å²) >= 11 is 5.93. The van der Waals surface area contributed by atoms with Gasteiger partial charge in [0.25, 0.3) is 6.47 Å². The Labute approximate surface area is 118 Å². The molecule has 0 aliphatic heterocycles. The molecule has 0 unspecified atom stereocenters. The average Bonchev–Trinajstić information content (AvgIpc) is 2.46. The molecule has 2 aromatic rings. The fourth-order valence-electron chi connectivity index (χ4n) is 2.24. The number of fused-ring (bicyclic) bond motifs is 2. The van der Waals surface area contributed by atoms with Crippen LogP contribution in [0.3, 0.4) is 0 Å². The number of ether oxygens (including phenoxy) is 1. The molecule has 0 aromatic heterocycles. The lowest BCUT2D eigenvalue weighted by atomic mass is 9.84. The Morgan fingerprint density at radius 3 is 2.00 bits per heavy atom. The first-order valence-electron chi connectivity index (χ1n) is 5.75. The average molecular weight is 287 g/mol. The molecule has 0 heterocycles. The van der Waals surface area contributed by atoms with E-state index in [-0.39, 0.29) is 39.9 Å². The number of benzene rings is 2. The van der Waals surface area contributed by atoms with Crippen molar-refractivity contribution in [3.8, 4) is 5.75 Å². The molecule has 0 amide bonds. The minimum atomic E-state index is -0.289. The van der Waals surface area contributed by atoms with Gasteiger partial charge in [-0.05, 0) is 12.1 Å². The molecule has 20 heavy (non-hydrogen) atoms. The molecule has 2 aromatic carbocycles. The summed E-state index contributed by atoms with van der Waals surface area (Å²) in [6, 6.07) is 9.25. The van der Waals surface area contributed by atoms with E-state index in [0.717, 1.165) is 0 Å². The van der Waals surface area contributed by atoms with E-state index in [2.05, 4.69) is 0 Å². The first-order chi connectivity index (χ1) is 9.63. The van der Waals surface area contributed by atoms with E-state index in [9.17, 15) is 14.4 Å². The zero-order valence-electron chi connectivity index (χ0n) is 10.1. The highest BCUT2D eigenvalue weighted by Crippen LogP contribution is 2.34. The molecule has 1 aliphatic carbocycles. The van der Waals surface area contributed by atoms with Crippen LogP contribution in [0.15, 0.2) is 36.4 Å². The van der Waals surface area contributed by atoms with Crippen LogP contribution >= 0.6 is 11.6 Å². The molecular formula is C15H7ClO4. The predicted octanol–water partition coefficient (Wildman–Crippen LogP) is 2.65. The number of carbonyl (C=O) groups is 3. The monoisotopic (exact) mass is 286 g/mol. The molecule has 0 saturated carbocycles. The second-order valence-electron chi connectivity index (χ2n) is 4.25. The van der Waals surface area contributed by atoms with Crippen LogP contribution in [0.5, 0.6) is 5.75 Å². The van der Waals surface area contributed by atoms with Crippen molar-refractivity contribution in [2.24, 2.45) is 0 Å². The fraction of sp³-hybridized carbons (Fsp3) is 0. The molecule has 0 N–H and O–H groups in total. The van der Waals surface area contributed by atoms with Gasteiger partial charge in [0.1, 0.15) is 5.75 Å². The summed E-state index contributed by atoms with van der Waals surface area (Å²) in [7, 11) is 0. The summed E-state index contributed by atoms with van der Waals surface area (Å²) in [5, 5.41) is 0.108. The van der Waals surface area contributed by atoms with Crippen LogP contribution in [-0.2, 0) is 4.79 Å². The van der Waals surface area contributed by atoms with Gasteiger partial charge in [-0.2, -0.15) is 0 Å². The lowest BCUT2D eigenvalue weighted by Gasteiger charge is -2.18. The van der Waals surface area contributed by atoms with Gasteiger partial charge in [-0.1, -0.05) is 35.9 Å². The number of hydrogen-bond acceptors (Lipinski definition) is 4. The first-order valence-corrected chi connectivity index (χ1v) is 6.13. The number of rotatable bonds is 2. The van der Waals surface area contributed by atoms with E-state index in [4.69, 9.17) is 16.3 Å². The third kappa shape index (κ3) is 1.73. The first kappa shape index (κ1) is 12.6. The Balaban J connectivity index is 2.25. The van der Waals surface area contributed by atoms with Crippen LogP contribution < -0.4 is 4.74 Å². The Morgan fingerprint density at radius 1 is 0.900 bits per heavy atom. The maximum absolute atomic E-state index is 12.4. The van der Waals surface area contributed by atoms with Crippen LogP contribution in [0.2, 0.25) is 5.02 Å². The number of hydrogen-bond donors (Lipinski definition) is 0. The van der Waals surface area contributed by atoms with Crippen LogP contribution in [0.25, 0.3) is 0 Å². The van der Waals surface area contributed by atoms with Crippen molar-refractivity contribution in [3.05, 3.63) is 63.7 Å². The molecule has 3 rings (SSSR count). The van der Waals surface area contributed by atoms with E-state index < -0.39 is 0 Å². The molecule has 4 nitrogen and oxygen atoms in total. The zero-order chi connectivity index (χ0) is 14.3. The van der Waals surface area contributed by atoms with E-state index in [1.165, 1.54) is 12.1 Å². The minimum Gasteiger partial charge on any atom is -0.427 e.